The Bertz CT molecular complexity index is 941. The molecule has 144 valence electrons. The molecular formula is C20H24N2O4S. The molecule has 2 aromatic rings. The van der Waals surface area contributed by atoms with Crippen molar-refractivity contribution in [1.82, 2.24) is 9.62 Å². The van der Waals surface area contributed by atoms with E-state index < -0.39 is 10.0 Å². The molecule has 7 heteroatoms. The molecular weight excluding hydrogens is 364 g/mol. The number of fused-ring (bicyclic) bond motifs is 1. The summed E-state index contributed by atoms with van der Waals surface area (Å²) in [7, 11) is -0.475. The third-order valence-corrected chi connectivity index (χ3v) is 6.33. The summed E-state index contributed by atoms with van der Waals surface area (Å²) in [6, 6.07) is 12.8. The first-order chi connectivity index (χ1) is 12.9. The average molecular weight is 388 g/mol. The number of carbonyl (C=O) groups is 1. The number of methoxy groups -OCH3 is 1. The van der Waals surface area contributed by atoms with E-state index in [4.69, 9.17) is 4.74 Å². The summed E-state index contributed by atoms with van der Waals surface area (Å²) >= 11 is 0. The van der Waals surface area contributed by atoms with Crippen LogP contribution in [0.1, 0.15) is 23.1 Å². The fourth-order valence-electron chi connectivity index (χ4n) is 3.34. The van der Waals surface area contributed by atoms with Crippen molar-refractivity contribution >= 4 is 15.9 Å². The van der Waals surface area contributed by atoms with Crippen LogP contribution in [0.2, 0.25) is 0 Å². The second-order valence-corrected chi connectivity index (χ2v) is 8.40. The lowest BCUT2D eigenvalue weighted by Gasteiger charge is -2.29. The predicted molar refractivity (Wildman–Crippen MR) is 103 cm³/mol. The Labute approximate surface area is 160 Å². The van der Waals surface area contributed by atoms with E-state index in [0.717, 1.165) is 28.9 Å². The monoisotopic (exact) mass is 388 g/mol. The van der Waals surface area contributed by atoms with Crippen LogP contribution in [0, 0.1) is 0 Å². The lowest BCUT2D eigenvalue weighted by molar-refractivity contribution is -0.132. The van der Waals surface area contributed by atoms with E-state index in [2.05, 4.69) is 4.72 Å². The number of ether oxygens (including phenoxy) is 1. The third-order valence-electron chi connectivity index (χ3n) is 4.92. The number of para-hydroxylation sites is 1. The Morgan fingerprint density at radius 1 is 1.19 bits per heavy atom. The first kappa shape index (κ1) is 19.4. The van der Waals surface area contributed by atoms with Crippen LogP contribution in [0.5, 0.6) is 5.75 Å². The molecule has 0 aliphatic carbocycles. The average Bonchev–Trinajstić information content (AvgIpc) is 2.71. The Balaban J connectivity index is 1.69. The van der Waals surface area contributed by atoms with E-state index in [9.17, 15) is 13.2 Å². The van der Waals surface area contributed by atoms with Crippen LogP contribution in [-0.4, -0.2) is 39.9 Å². The van der Waals surface area contributed by atoms with Crippen molar-refractivity contribution in [2.75, 3.05) is 20.7 Å². The molecule has 1 aliphatic heterocycles. The molecule has 0 saturated carbocycles. The summed E-state index contributed by atoms with van der Waals surface area (Å²) in [6.45, 7) is 1.09. The molecule has 0 aromatic heterocycles. The van der Waals surface area contributed by atoms with Crippen LogP contribution in [0.4, 0.5) is 0 Å². The summed E-state index contributed by atoms with van der Waals surface area (Å²) in [5, 5.41) is 0. The smallest absolute Gasteiger partial charge is 0.240 e. The highest BCUT2D eigenvalue weighted by molar-refractivity contribution is 7.89. The van der Waals surface area contributed by atoms with Crippen LogP contribution in [0.25, 0.3) is 0 Å². The molecule has 0 fully saturated rings. The van der Waals surface area contributed by atoms with E-state index in [0.29, 0.717) is 25.9 Å². The quantitative estimate of drug-likeness (QED) is 0.823. The van der Waals surface area contributed by atoms with E-state index in [1.807, 2.05) is 30.3 Å². The van der Waals surface area contributed by atoms with Gasteiger partial charge >= 0.3 is 0 Å². The van der Waals surface area contributed by atoms with Crippen molar-refractivity contribution in [3.05, 3.63) is 59.2 Å². The summed E-state index contributed by atoms with van der Waals surface area (Å²) in [5.41, 5.74) is 3.00. The molecule has 0 bridgehead atoms. The molecule has 1 aliphatic rings. The maximum absolute atomic E-state index is 12.7. The van der Waals surface area contributed by atoms with Gasteiger partial charge in [-0.25, -0.2) is 13.1 Å². The SMILES string of the molecule is CNS(=O)(=O)c1ccc2c(c1)CN(C(=O)CCc1ccccc1OC)CC2. The number of hydrogen-bond acceptors (Lipinski definition) is 4. The van der Waals surface area contributed by atoms with Gasteiger partial charge in [-0.2, -0.15) is 0 Å². The minimum absolute atomic E-state index is 0.0634. The summed E-state index contributed by atoms with van der Waals surface area (Å²) < 4.78 is 31.7. The van der Waals surface area contributed by atoms with Crippen LogP contribution in [0.3, 0.4) is 0 Å². The van der Waals surface area contributed by atoms with Gasteiger partial charge in [-0.15, -0.1) is 0 Å². The fourth-order valence-corrected chi connectivity index (χ4v) is 4.12. The molecule has 1 N–H and O–H groups in total. The van der Waals surface area contributed by atoms with Crippen molar-refractivity contribution in [3.63, 3.8) is 0 Å². The van der Waals surface area contributed by atoms with Gasteiger partial charge < -0.3 is 9.64 Å². The van der Waals surface area contributed by atoms with Gasteiger partial charge in [0.05, 0.1) is 12.0 Å². The number of amides is 1. The molecule has 2 aromatic carbocycles. The largest absolute Gasteiger partial charge is 0.496 e. The summed E-state index contributed by atoms with van der Waals surface area (Å²) in [6.07, 6.45) is 1.74. The van der Waals surface area contributed by atoms with Crippen molar-refractivity contribution in [3.8, 4) is 5.75 Å². The lowest BCUT2D eigenvalue weighted by atomic mass is 9.99. The number of benzene rings is 2. The Morgan fingerprint density at radius 2 is 1.96 bits per heavy atom. The molecule has 0 atom stereocenters. The Morgan fingerprint density at radius 3 is 2.70 bits per heavy atom. The molecule has 0 spiro atoms. The zero-order valence-corrected chi connectivity index (χ0v) is 16.4. The minimum Gasteiger partial charge on any atom is -0.496 e. The minimum atomic E-state index is -3.49. The van der Waals surface area contributed by atoms with E-state index in [-0.39, 0.29) is 10.8 Å². The van der Waals surface area contributed by atoms with Gasteiger partial charge in [0, 0.05) is 19.5 Å². The van der Waals surface area contributed by atoms with Gasteiger partial charge in [-0.05, 0) is 54.8 Å². The number of aryl methyl sites for hydroxylation is 1. The van der Waals surface area contributed by atoms with Crippen molar-refractivity contribution in [2.45, 2.75) is 30.7 Å². The molecule has 0 unspecified atom stereocenters. The summed E-state index contributed by atoms with van der Waals surface area (Å²) in [4.78, 5) is 14.7. The standard InChI is InChI=1S/C20H24N2O4S/c1-21-27(24,25)18-9-7-15-11-12-22(14-17(15)13-18)20(23)10-8-16-5-3-4-6-19(16)26-2/h3-7,9,13,21H,8,10-12,14H2,1-2H3. The van der Waals surface area contributed by atoms with Gasteiger partial charge in [-0.3, -0.25) is 4.79 Å². The van der Waals surface area contributed by atoms with Gasteiger partial charge in [0.2, 0.25) is 15.9 Å². The van der Waals surface area contributed by atoms with Crippen LogP contribution in [-0.2, 0) is 34.2 Å². The predicted octanol–water partition coefficient (Wildman–Crippen LogP) is 2.12. The third kappa shape index (κ3) is 4.31. The molecule has 0 saturated heterocycles. The Kier molecular flexibility index (Phi) is 5.82. The van der Waals surface area contributed by atoms with Crippen molar-refractivity contribution in [1.29, 1.82) is 0 Å². The second kappa shape index (κ2) is 8.10. The number of sulfonamides is 1. The van der Waals surface area contributed by atoms with Crippen LogP contribution >= 0.6 is 0 Å². The zero-order chi connectivity index (χ0) is 19.4. The fraction of sp³-hybridized carbons (Fsp3) is 0.350. The highest BCUT2D eigenvalue weighted by Gasteiger charge is 2.23. The van der Waals surface area contributed by atoms with Crippen molar-refractivity contribution < 1.29 is 17.9 Å². The van der Waals surface area contributed by atoms with Crippen LogP contribution in [0.15, 0.2) is 47.4 Å². The van der Waals surface area contributed by atoms with E-state index >= 15 is 0 Å². The highest BCUT2D eigenvalue weighted by atomic mass is 32.2. The topological polar surface area (TPSA) is 75.7 Å². The first-order valence-electron chi connectivity index (χ1n) is 8.89. The van der Waals surface area contributed by atoms with Gasteiger partial charge in [0.1, 0.15) is 5.75 Å². The maximum atomic E-state index is 12.7. The molecule has 3 rings (SSSR count). The lowest BCUT2D eigenvalue weighted by Crippen LogP contribution is -2.36. The van der Waals surface area contributed by atoms with Gasteiger partial charge in [0.25, 0.3) is 0 Å². The first-order valence-corrected chi connectivity index (χ1v) is 10.4. The molecule has 6 nitrogen and oxygen atoms in total. The Hall–Kier alpha value is -2.38. The number of rotatable bonds is 6. The normalized spacial score (nSPS) is 13.9. The zero-order valence-electron chi connectivity index (χ0n) is 15.6. The molecule has 1 heterocycles. The number of hydrogen-bond donors (Lipinski definition) is 1. The van der Waals surface area contributed by atoms with E-state index in [1.54, 1.807) is 24.1 Å². The van der Waals surface area contributed by atoms with Gasteiger partial charge in [0.15, 0.2) is 0 Å². The van der Waals surface area contributed by atoms with Gasteiger partial charge in [-0.1, -0.05) is 24.3 Å². The molecule has 27 heavy (non-hydrogen) atoms. The summed E-state index contributed by atoms with van der Waals surface area (Å²) in [5.74, 6) is 0.852. The van der Waals surface area contributed by atoms with Crippen molar-refractivity contribution in [2.24, 2.45) is 0 Å². The number of carbonyl (C=O) groups excluding carboxylic acids is 1. The van der Waals surface area contributed by atoms with Crippen LogP contribution < -0.4 is 9.46 Å². The van der Waals surface area contributed by atoms with E-state index in [1.165, 1.54) is 7.05 Å². The number of nitrogens with one attached hydrogen (secondary N) is 1. The molecule has 1 amide bonds. The number of nitrogens with zero attached hydrogens (tertiary/aromatic N) is 1. The highest BCUT2D eigenvalue weighted by Crippen LogP contribution is 2.24. The maximum Gasteiger partial charge on any atom is 0.240 e. The second-order valence-electron chi connectivity index (χ2n) is 6.52. The molecule has 0 radical (unpaired) electrons.